The van der Waals surface area contributed by atoms with Crippen LogP contribution in [0.15, 0.2) is 36.4 Å². The van der Waals surface area contributed by atoms with Gasteiger partial charge in [0.2, 0.25) is 0 Å². The van der Waals surface area contributed by atoms with Crippen molar-refractivity contribution in [2.24, 2.45) is 5.73 Å². The molecule has 0 atom stereocenters. The van der Waals surface area contributed by atoms with E-state index >= 15 is 0 Å². The molecule has 0 fully saturated rings. The van der Waals surface area contributed by atoms with E-state index in [9.17, 15) is 4.79 Å². The number of halogens is 1. The molecule has 6 heteroatoms. The van der Waals surface area contributed by atoms with Gasteiger partial charge in [0.05, 0.1) is 0 Å². The summed E-state index contributed by atoms with van der Waals surface area (Å²) in [5.41, 5.74) is 7.99. The van der Waals surface area contributed by atoms with E-state index in [1.165, 1.54) is 0 Å². The van der Waals surface area contributed by atoms with E-state index in [0.717, 1.165) is 17.7 Å². The van der Waals surface area contributed by atoms with Gasteiger partial charge >= 0.3 is 0 Å². The normalized spacial score (nSPS) is 10.0. The number of aromatic nitrogens is 2. The molecule has 1 aromatic heterocycles. The van der Waals surface area contributed by atoms with Crippen molar-refractivity contribution in [3.63, 3.8) is 0 Å². The SMILES string of the molecule is Cc1cc(C(=O)N(CCCN)Cc2ccccc2)n[nH]1.Cl. The van der Waals surface area contributed by atoms with Crippen molar-refractivity contribution < 1.29 is 4.79 Å². The Hall–Kier alpha value is -1.85. The fraction of sp³-hybridized carbons (Fsp3) is 0.333. The number of aromatic amines is 1. The van der Waals surface area contributed by atoms with Crippen molar-refractivity contribution in [1.82, 2.24) is 15.1 Å². The van der Waals surface area contributed by atoms with Crippen LogP contribution in [0.4, 0.5) is 0 Å². The summed E-state index contributed by atoms with van der Waals surface area (Å²) in [7, 11) is 0. The van der Waals surface area contributed by atoms with E-state index in [2.05, 4.69) is 10.2 Å². The molecule has 0 saturated heterocycles. The number of carbonyl (C=O) groups excluding carboxylic acids is 1. The molecule has 0 radical (unpaired) electrons. The lowest BCUT2D eigenvalue weighted by atomic mass is 10.2. The second-order valence-corrected chi connectivity index (χ2v) is 4.79. The monoisotopic (exact) mass is 308 g/mol. The highest BCUT2D eigenvalue weighted by molar-refractivity contribution is 5.92. The minimum Gasteiger partial charge on any atom is -0.333 e. The second-order valence-electron chi connectivity index (χ2n) is 4.79. The molecule has 114 valence electrons. The van der Waals surface area contributed by atoms with Crippen molar-refractivity contribution >= 4 is 18.3 Å². The molecule has 3 N–H and O–H groups in total. The lowest BCUT2D eigenvalue weighted by Crippen LogP contribution is -2.32. The third-order valence-electron chi connectivity index (χ3n) is 3.06. The van der Waals surface area contributed by atoms with Crippen molar-refractivity contribution in [3.8, 4) is 0 Å². The first-order valence-corrected chi connectivity index (χ1v) is 6.76. The molecule has 0 unspecified atom stereocenters. The average Bonchev–Trinajstić information content (AvgIpc) is 2.90. The minimum atomic E-state index is -0.0633. The highest BCUT2D eigenvalue weighted by atomic mass is 35.5. The number of rotatable bonds is 6. The molecule has 5 nitrogen and oxygen atoms in total. The van der Waals surface area contributed by atoms with Gasteiger partial charge in [0.25, 0.3) is 5.91 Å². The number of aryl methyl sites for hydroxylation is 1. The highest BCUT2D eigenvalue weighted by Crippen LogP contribution is 2.10. The number of H-pyrrole nitrogens is 1. The van der Waals surface area contributed by atoms with Crippen LogP contribution < -0.4 is 5.73 Å². The number of nitrogens with zero attached hydrogens (tertiary/aromatic N) is 2. The zero-order valence-corrected chi connectivity index (χ0v) is 12.9. The van der Waals surface area contributed by atoms with E-state index in [0.29, 0.717) is 25.3 Å². The maximum atomic E-state index is 12.5. The van der Waals surface area contributed by atoms with Gasteiger partial charge in [-0.1, -0.05) is 30.3 Å². The zero-order valence-electron chi connectivity index (χ0n) is 12.1. The van der Waals surface area contributed by atoms with Crippen LogP contribution in [0.25, 0.3) is 0 Å². The number of hydrogen-bond acceptors (Lipinski definition) is 3. The predicted octanol–water partition coefficient (Wildman–Crippen LogP) is 2.13. The Kier molecular flexibility index (Phi) is 6.91. The average molecular weight is 309 g/mol. The molecule has 0 aliphatic carbocycles. The summed E-state index contributed by atoms with van der Waals surface area (Å²) < 4.78 is 0. The molecule has 0 aliphatic heterocycles. The van der Waals surface area contributed by atoms with Crippen molar-refractivity contribution in [2.75, 3.05) is 13.1 Å². The van der Waals surface area contributed by atoms with Crippen LogP contribution in [0, 0.1) is 6.92 Å². The van der Waals surface area contributed by atoms with E-state index < -0.39 is 0 Å². The standard InChI is InChI=1S/C15H20N4O.ClH/c1-12-10-14(18-17-12)15(20)19(9-5-8-16)11-13-6-3-2-4-7-13;/h2-4,6-7,10H,5,8-9,11,16H2,1H3,(H,17,18);1H. The van der Waals surface area contributed by atoms with Gasteiger partial charge in [0.1, 0.15) is 5.69 Å². The maximum absolute atomic E-state index is 12.5. The third kappa shape index (κ3) is 4.88. The number of nitrogens with one attached hydrogen (secondary N) is 1. The Balaban J connectivity index is 0.00000220. The molecule has 2 aromatic rings. The first-order chi connectivity index (χ1) is 9.70. The molecule has 0 spiro atoms. The lowest BCUT2D eigenvalue weighted by Gasteiger charge is -2.21. The first kappa shape index (κ1) is 17.2. The van der Waals surface area contributed by atoms with Crippen molar-refractivity contribution in [3.05, 3.63) is 53.3 Å². The van der Waals surface area contributed by atoms with Gasteiger partial charge in [-0.3, -0.25) is 9.89 Å². The maximum Gasteiger partial charge on any atom is 0.274 e. The predicted molar refractivity (Wildman–Crippen MR) is 85.4 cm³/mol. The molecule has 0 bridgehead atoms. The van der Waals surface area contributed by atoms with E-state index in [-0.39, 0.29) is 18.3 Å². The van der Waals surface area contributed by atoms with Gasteiger partial charge in [0, 0.05) is 18.8 Å². The first-order valence-electron chi connectivity index (χ1n) is 6.76. The van der Waals surface area contributed by atoms with E-state index in [1.54, 1.807) is 11.0 Å². The molecule has 21 heavy (non-hydrogen) atoms. The summed E-state index contributed by atoms with van der Waals surface area (Å²) in [5.74, 6) is -0.0633. The lowest BCUT2D eigenvalue weighted by molar-refractivity contribution is 0.0736. The summed E-state index contributed by atoms with van der Waals surface area (Å²) in [5, 5.41) is 6.84. The smallest absolute Gasteiger partial charge is 0.274 e. The zero-order chi connectivity index (χ0) is 14.4. The molecule has 1 heterocycles. The van der Waals surface area contributed by atoms with Gasteiger partial charge in [0.15, 0.2) is 0 Å². The number of amides is 1. The number of nitrogens with two attached hydrogens (primary N) is 1. The molecule has 1 amide bonds. The van der Waals surface area contributed by atoms with Crippen LogP contribution in [-0.2, 0) is 6.54 Å². The van der Waals surface area contributed by atoms with Crippen LogP contribution in [0.5, 0.6) is 0 Å². The Labute approximate surface area is 130 Å². The van der Waals surface area contributed by atoms with Gasteiger partial charge in [-0.15, -0.1) is 12.4 Å². The van der Waals surface area contributed by atoms with E-state index in [4.69, 9.17) is 5.73 Å². The Morgan fingerprint density at radius 2 is 2.05 bits per heavy atom. The highest BCUT2D eigenvalue weighted by Gasteiger charge is 2.18. The van der Waals surface area contributed by atoms with Crippen molar-refractivity contribution in [2.45, 2.75) is 19.9 Å². The van der Waals surface area contributed by atoms with Crippen LogP contribution in [-0.4, -0.2) is 34.1 Å². The number of carbonyl (C=O) groups is 1. The molecular weight excluding hydrogens is 288 g/mol. The van der Waals surface area contributed by atoms with Crippen LogP contribution in [0.1, 0.15) is 28.2 Å². The topological polar surface area (TPSA) is 75.0 Å². The Morgan fingerprint density at radius 1 is 1.33 bits per heavy atom. The fourth-order valence-electron chi connectivity index (χ4n) is 2.03. The van der Waals surface area contributed by atoms with Gasteiger partial charge in [-0.05, 0) is 31.5 Å². The van der Waals surface area contributed by atoms with Crippen LogP contribution in [0.3, 0.4) is 0 Å². The van der Waals surface area contributed by atoms with E-state index in [1.807, 2.05) is 37.3 Å². The van der Waals surface area contributed by atoms with Crippen LogP contribution in [0.2, 0.25) is 0 Å². The third-order valence-corrected chi connectivity index (χ3v) is 3.06. The molecule has 2 rings (SSSR count). The summed E-state index contributed by atoms with van der Waals surface area (Å²) in [4.78, 5) is 14.3. The summed E-state index contributed by atoms with van der Waals surface area (Å²) in [6, 6.07) is 11.7. The van der Waals surface area contributed by atoms with Gasteiger partial charge in [-0.25, -0.2) is 0 Å². The van der Waals surface area contributed by atoms with Crippen molar-refractivity contribution in [1.29, 1.82) is 0 Å². The molecule has 1 aromatic carbocycles. The molecule has 0 aliphatic rings. The van der Waals surface area contributed by atoms with Crippen LogP contribution >= 0.6 is 12.4 Å². The summed E-state index contributed by atoms with van der Waals surface area (Å²) in [6.07, 6.45) is 0.780. The molecular formula is C15H21ClN4O. The largest absolute Gasteiger partial charge is 0.333 e. The Morgan fingerprint density at radius 3 is 2.62 bits per heavy atom. The fourth-order valence-corrected chi connectivity index (χ4v) is 2.03. The Bertz CT molecular complexity index is 556. The number of hydrogen-bond donors (Lipinski definition) is 2. The minimum absolute atomic E-state index is 0. The number of benzene rings is 1. The molecule has 0 saturated carbocycles. The summed E-state index contributed by atoms with van der Waals surface area (Å²) >= 11 is 0. The second kappa shape index (κ2) is 8.44. The quantitative estimate of drug-likeness (QED) is 0.858. The summed E-state index contributed by atoms with van der Waals surface area (Å²) in [6.45, 7) is 3.66. The van der Waals surface area contributed by atoms with Gasteiger partial charge < -0.3 is 10.6 Å². The van der Waals surface area contributed by atoms with Gasteiger partial charge in [-0.2, -0.15) is 5.10 Å².